The first-order valence-electron chi connectivity index (χ1n) is 7.99. The summed E-state index contributed by atoms with van der Waals surface area (Å²) in [6.45, 7) is 5.04. The largest absolute Gasteiger partial charge is 0.350 e. The van der Waals surface area contributed by atoms with Gasteiger partial charge in [-0.05, 0) is 26.0 Å². The fraction of sp³-hybridized carbons (Fsp3) is 0.500. The summed E-state index contributed by atoms with van der Waals surface area (Å²) in [6.07, 6.45) is 3.40. The van der Waals surface area contributed by atoms with E-state index in [0.717, 1.165) is 0 Å². The van der Waals surface area contributed by atoms with E-state index in [9.17, 15) is 14.4 Å². The molecule has 1 fully saturated rings. The maximum absolute atomic E-state index is 11.8. The van der Waals surface area contributed by atoms with Crippen molar-refractivity contribution < 1.29 is 14.4 Å². The minimum absolute atomic E-state index is 0.0547. The highest BCUT2D eigenvalue weighted by atomic mass is 16.2. The van der Waals surface area contributed by atoms with Gasteiger partial charge in [0, 0.05) is 44.5 Å². The number of amides is 4. The molecule has 8 nitrogen and oxygen atoms in total. The number of aromatic nitrogens is 1. The van der Waals surface area contributed by atoms with Crippen molar-refractivity contribution in [1.29, 1.82) is 0 Å². The van der Waals surface area contributed by atoms with Gasteiger partial charge in [0.2, 0.25) is 5.91 Å². The fourth-order valence-electron chi connectivity index (χ4n) is 2.51. The molecule has 0 aromatic carbocycles. The Labute approximate surface area is 141 Å². The molecule has 4 amide bonds. The Morgan fingerprint density at radius 2 is 2.08 bits per heavy atom. The minimum atomic E-state index is -0.339. The van der Waals surface area contributed by atoms with Gasteiger partial charge in [0.05, 0.1) is 11.6 Å². The maximum Gasteiger partial charge on any atom is 0.315 e. The van der Waals surface area contributed by atoms with Crippen molar-refractivity contribution in [3.8, 4) is 0 Å². The lowest BCUT2D eigenvalue weighted by atomic mass is 10.2. The van der Waals surface area contributed by atoms with E-state index in [1.807, 2.05) is 13.8 Å². The molecular formula is C16H23N5O3. The summed E-state index contributed by atoms with van der Waals surface area (Å²) in [5, 5.41) is 8.14. The van der Waals surface area contributed by atoms with E-state index in [4.69, 9.17) is 0 Å². The highest BCUT2D eigenvalue weighted by Gasteiger charge is 2.31. The molecule has 1 aliphatic rings. The number of urea groups is 1. The zero-order chi connectivity index (χ0) is 17.5. The van der Waals surface area contributed by atoms with Crippen LogP contribution in [0, 0.1) is 0 Å². The quantitative estimate of drug-likeness (QED) is 0.643. The van der Waals surface area contributed by atoms with Crippen LogP contribution in [0.3, 0.4) is 0 Å². The summed E-state index contributed by atoms with van der Waals surface area (Å²) in [4.78, 5) is 41.0. The average Bonchev–Trinajstić information content (AvgIpc) is 2.92. The van der Waals surface area contributed by atoms with Gasteiger partial charge in [-0.15, -0.1) is 0 Å². The summed E-state index contributed by atoms with van der Waals surface area (Å²) in [6, 6.07) is 2.97. The molecule has 8 heteroatoms. The Hall–Kier alpha value is -2.64. The monoisotopic (exact) mass is 333 g/mol. The van der Waals surface area contributed by atoms with Gasteiger partial charge < -0.3 is 20.9 Å². The average molecular weight is 333 g/mol. The zero-order valence-electron chi connectivity index (χ0n) is 13.9. The predicted octanol–water partition coefficient (Wildman–Crippen LogP) is 0.120. The van der Waals surface area contributed by atoms with Crippen molar-refractivity contribution >= 4 is 17.8 Å². The fourth-order valence-corrected chi connectivity index (χ4v) is 2.51. The molecule has 1 aromatic rings. The lowest BCUT2D eigenvalue weighted by molar-refractivity contribution is -0.129. The molecule has 130 valence electrons. The van der Waals surface area contributed by atoms with Gasteiger partial charge in [-0.2, -0.15) is 0 Å². The number of hydrogen-bond acceptors (Lipinski definition) is 4. The molecule has 0 spiro atoms. The highest BCUT2D eigenvalue weighted by Crippen LogP contribution is 2.13. The Morgan fingerprint density at radius 3 is 2.71 bits per heavy atom. The third kappa shape index (κ3) is 4.94. The first-order chi connectivity index (χ1) is 11.5. The SMILES string of the molecule is CC(C)N1C[C@H](NC(=O)NCCNC(=O)c2cccnc2)CC1=O. The van der Waals surface area contributed by atoms with Crippen molar-refractivity contribution in [2.75, 3.05) is 19.6 Å². The number of carbonyl (C=O) groups is 3. The van der Waals surface area contributed by atoms with Crippen LogP contribution in [0.1, 0.15) is 30.6 Å². The number of nitrogens with one attached hydrogen (secondary N) is 3. The van der Waals surface area contributed by atoms with Crippen LogP contribution in [0.15, 0.2) is 24.5 Å². The van der Waals surface area contributed by atoms with E-state index in [1.165, 1.54) is 6.20 Å². The molecule has 0 aliphatic carbocycles. The molecule has 24 heavy (non-hydrogen) atoms. The summed E-state index contributed by atoms with van der Waals surface area (Å²) >= 11 is 0. The summed E-state index contributed by atoms with van der Waals surface area (Å²) in [7, 11) is 0. The van der Waals surface area contributed by atoms with E-state index in [1.54, 1.807) is 23.2 Å². The maximum atomic E-state index is 11.8. The number of carbonyl (C=O) groups excluding carboxylic acids is 3. The second-order valence-electron chi connectivity index (χ2n) is 5.94. The first-order valence-corrected chi connectivity index (χ1v) is 7.99. The third-order valence-corrected chi connectivity index (χ3v) is 3.74. The molecule has 1 aliphatic heterocycles. The van der Waals surface area contributed by atoms with Gasteiger partial charge in [0.1, 0.15) is 0 Å². The van der Waals surface area contributed by atoms with Crippen LogP contribution in [-0.2, 0) is 4.79 Å². The Balaban J connectivity index is 1.64. The van der Waals surface area contributed by atoms with E-state index < -0.39 is 0 Å². The Bertz CT molecular complexity index is 591. The smallest absolute Gasteiger partial charge is 0.315 e. The third-order valence-electron chi connectivity index (χ3n) is 3.74. The topological polar surface area (TPSA) is 103 Å². The molecule has 1 saturated heterocycles. The second kappa shape index (κ2) is 8.28. The van der Waals surface area contributed by atoms with Crippen LogP contribution in [-0.4, -0.2) is 59.4 Å². The number of rotatable bonds is 6. The first kappa shape index (κ1) is 17.7. The van der Waals surface area contributed by atoms with E-state index in [0.29, 0.717) is 31.6 Å². The van der Waals surface area contributed by atoms with Crippen molar-refractivity contribution in [2.24, 2.45) is 0 Å². The lowest BCUT2D eigenvalue weighted by Gasteiger charge is -2.21. The number of nitrogens with zero attached hydrogens (tertiary/aromatic N) is 2. The van der Waals surface area contributed by atoms with Crippen LogP contribution in [0.4, 0.5) is 4.79 Å². The lowest BCUT2D eigenvalue weighted by Crippen LogP contribution is -2.45. The molecular weight excluding hydrogens is 310 g/mol. The number of likely N-dealkylation sites (tertiary alicyclic amines) is 1. The molecule has 2 rings (SSSR count). The van der Waals surface area contributed by atoms with Gasteiger partial charge in [0.25, 0.3) is 5.91 Å². The molecule has 0 unspecified atom stereocenters. The zero-order valence-corrected chi connectivity index (χ0v) is 13.9. The van der Waals surface area contributed by atoms with E-state index in [-0.39, 0.29) is 29.9 Å². The van der Waals surface area contributed by atoms with Crippen LogP contribution < -0.4 is 16.0 Å². The Kier molecular flexibility index (Phi) is 6.11. The number of hydrogen-bond donors (Lipinski definition) is 3. The summed E-state index contributed by atoms with van der Waals surface area (Å²) in [5.74, 6) is -0.182. The van der Waals surface area contributed by atoms with Gasteiger partial charge in [-0.25, -0.2) is 4.79 Å². The molecule has 1 atom stereocenters. The van der Waals surface area contributed by atoms with Gasteiger partial charge >= 0.3 is 6.03 Å². The predicted molar refractivity (Wildman–Crippen MR) is 88.4 cm³/mol. The molecule has 0 radical (unpaired) electrons. The second-order valence-corrected chi connectivity index (χ2v) is 5.94. The van der Waals surface area contributed by atoms with E-state index in [2.05, 4.69) is 20.9 Å². The van der Waals surface area contributed by atoms with Gasteiger partial charge in [-0.3, -0.25) is 14.6 Å². The van der Waals surface area contributed by atoms with Crippen molar-refractivity contribution in [1.82, 2.24) is 25.8 Å². The van der Waals surface area contributed by atoms with Crippen LogP contribution in [0.5, 0.6) is 0 Å². The van der Waals surface area contributed by atoms with Gasteiger partial charge in [0.15, 0.2) is 0 Å². The van der Waals surface area contributed by atoms with Crippen LogP contribution in [0.25, 0.3) is 0 Å². The van der Waals surface area contributed by atoms with Crippen LogP contribution >= 0.6 is 0 Å². The van der Waals surface area contributed by atoms with Crippen LogP contribution in [0.2, 0.25) is 0 Å². The van der Waals surface area contributed by atoms with Crippen molar-refractivity contribution in [3.63, 3.8) is 0 Å². The molecule has 0 saturated carbocycles. The molecule has 0 bridgehead atoms. The normalized spacial score (nSPS) is 17.0. The van der Waals surface area contributed by atoms with Crippen molar-refractivity contribution in [3.05, 3.63) is 30.1 Å². The summed E-state index contributed by atoms with van der Waals surface area (Å²) < 4.78 is 0. The molecule has 1 aromatic heterocycles. The minimum Gasteiger partial charge on any atom is -0.350 e. The summed E-state index contributed by atoms with van der Waals surface area (Å²) in [5.41, 5.74) is 0.472. The number of pyridine rings is 1. The van der Waals surface area contributed by atoms with Gasteiger partial charge in [-0.1, -0.05) is 0 Å². The highest BCUT2D eigenvalue weighted by molar-refractivity contribution is 5.93. The van der Waals surface area contributed by atoms with E-state index >= 15 is 0 Å². The van der Waals surface area contributed by atoms with Crippen molar-refractivity contribution in [2.45, 2.75) is 32.4 Å². The Morgan fingerprint density at radius 1 is 1.33 bits per heavy atom. The molecule has 2 heterocycles. The standard InChI is InChI=1S/C16H23N5O3/c1-11(2)21-10-13(8-14(21)22)20-16(24)19-7-6-18-15(23)12-4-3-5-17-9-12/h3-5,9,11,13H,6-8,10H2,1-2H3,(H,18,23)(H2,19,20,24)/t13-/m1/s1. The molecule has 3 N–H and O–H groups in total.